The summed E-state index contributed by atoms with van der Waals surface area (Å²) >= 11 is 0. The van der Waals surface area contributed by atoms with Crippen molar-refractivity contribution in [1.82, 2.24) is 14.9 Å². The van der Waals surface area contributed by atoms with Crippen molar-refractivity contribution in [3.05, 3.63) is 83.7 Å². The number of carbonyl (C=O) groups is 1. The fraction of sp³-hybridized carbons (Fsp3) is 0.158. The summed E-state index contributed by atoms with van der Waals surface area (Å²) in [5.41, 5.74) is 0.242. The largest absolute Gasteiger partial charge is 0.419 e. The maximum absolute atomic E-state index is 13.3. The molecule has 9 heteroatoms. The molecule has 2 N–H and O–H groups in total. The predicted octanol–water partition coefficient (Wildman–Crippen LogP) is 4.41. The highest BCUT2D eigenvalue weighted by atomic mass is 19.4. The van der Waals surface area contributed by atoms with E-state index < -0.39 is 23.6 Å². The highest BCUT2D eigenvalue weighted by Gasteiger charge is 2.34. The van der Waals surface area contributed by atoms with Crippen LogP contribution in [0.4, 0.5) is 28.0 Å². The molecule has 1 heterocycles. The monoisotopic (exact) mass is 392 g/mol. The molecule has 0 saturated carbocycles. The van der Waals surface area contributed by atoms with Gasteiger partial charge in [-0.2, -0.15) is 13.2 Å². The Bertz CT molecular complexity index is 955. The summed E-state index contributed by atoms with van der Waals surface area (Å²) < 4.78 is 53.4. The number of urea groups is 1. The first-order valence-corrected chi connectivity index (χ1v) is 8.26. The average molecular weight is 392 g/mol. The number of nitrogens with zero attached hydrogens (tertiary/aromatic N) is 2. The Morgan fingerprint density at radius 3 is 2.61 bits per heavy atom. The van der Waals surface area contributed by atoms with E-state index in [9.17, 15) is 22.4 Å². The molecule has 146 valence electrons. The van der Waals surface area contributed by atoms with Gasteiger partial charge in [-0.3, -0.25) is 0 Å². The number of anilines is 1. The molecule has 0 radical (unpaired) electrons. The fourth-order valence-corrected chi connectivity index (χ4v) is 2.61. The molecule has 1 aromatic heterocycles. The highest BCUT2D eigenvalue weighted by Crippen LogP contribution is 2.32. The van der Waals surface area contributed by atoms with Crippen LogP contribution in [0.25, 0.3) is 0 Å². The SMILES string of the molecule is O=C(NCc1cccc(Cn2ccnc2)c1)Nc1ccc(F)c(C(F)(F)F)c1. The third-order valence-corrected chi connectivity index (χ3v) is 3.90. The minimum absolute atomic E-state index is 0.153. The van der Waals surface area contributed by atoms with Gasteiger partial charge >= 0.3 is 12.2 Å². The Morgan fingerprint density at radius 1 is 1.11 bits per heavy atom. The molecule has 0 spiro atoms. The third kappa shape index (κ3) is 5.09. The molecule has 0 unspecified atom stereocenters. The fourth-order valence-electron chi connectivity index (χ4n) is 2.61. The zero-order valence-corrected chi connectivity index (χ0v) is 14.5. The summed E-state index contributed by atoms with van der Waals surface area (Å²) in [4.78, 5) is 15.9. The average Bonchev–Trinajstić information content (AvgIpc) is 3.14. The Hall–Kier alpha value is -3.36. The zero-order chi connectivity index (χ0) is 20.1. The van der Waals surface area contributed by atoms with Gasteiger partial charge in [-0.05, 0) is 29.3 Å². The second-order valence-electron chi connectivity index (χ2n) is 6.06. The first-order chi connectivity index (χ1) is 13.3. The number of halogens is 4. The molecule has 0 bridgehead atoms. The van der Waals surface area contributed by atoms with Crippen molar-refractivity contribution in [3.63, 3.8) is 0 Å². The van der Waals surface area contributed by atoms with Crippen LogP contribution in [0.1, 0.15) is 16.7 Å². The van der Waals surface area contributed by atoms with Crippen LogP contribution in [0.2, 0.25) is 0 Å². The maximum atomic E-state index is 13.3. The number of benzene rings is 2. The van der Waals surface area contributed by atoms with Crippen LogP contribution in [-0.2, 0) is 19.3 Å². The van der Waals surface area contributed by atoms with Gasteiger partial charge in [-0.25, -0.2) is 14.2 Å². The molecule has 0 aliphatic carbocycles. The van der Waals surface area contributed by atoms with E-state index in [0.717, 1.165) is 17.2 Å². The van der Waals surface area contributed by atoms with Gasteiger partial charge in [0.25, 0.3) is 0 Å². The van der Waals surface area contributed by atoms with Gasteiger partial charge in [0.1, 0.15) is 5.82 Å². The molecule has 0 saturated heterocycles. The number of alkyl halides is 3. The minimum Gasteiger partial charge on any atom is -0.334 e. The number of rotatable bonds is 5. The summed E-state index contributed by atoms with van der Waals surface area (Å²) in [7, 11) is 0. The van der Waals surface area contributed by atoms with Crippen molar-refractivity contribution in [2.24, 2.45) is 0 Å². The van der Waals surface area contributed by atoms with Gasteiger partial charge in [0.2, 0.25) is 0 Å². The molecule has 0 aliphatic heterocycles. The molecule has 3 aromatic rings. The summed E-state index contributed by atoms with van der Waals surface area (Å²) in [6.07, 6.45) is 0.357. The standard InChI is InChI=1S/C19H16F4N4O/c20-17-5-4-15(9-16(17)19(21,22)23)26-18(28)25-10-13-2-1-3-14(8-13)11-27-7-6-24-12-27/h1-9,12H,10-11H2,(H2,25,26,28). The number of aromatic nitrogens is 2. The molecule has 0 aliphatic rings. The number of nitrogens with one attached hydrogen (secondary N) is 2. The minimum atomic E-state index is -4.84. The van der Waals surface area contributed by atoms with Gasteiger partial charge in [0.15, 0.2) is 0 Å². The van der Waals surface area contributed by atoms with E-state index in [1.165, 1.54) is 0 Å². The van der Waals surface area contributed by atoms with Crippen LogP contribution in [0.3, 0.4) is 0 Å². The smallest absolute Gasteiger partial charge is 0.334 e. The third-order valence-electron chi connectivity index (χ3n) is 3.90. The second-order valence-corrected chi connectivity index (χ2v) is 6.06. The first kappa shape index (κ1) is 19.4. The van der Waals surface area contributed by atoms with Crippen LogP contribution < -0.4 is 10.6 Å². The van der Waals surface area contributed by atoms with E-state index in [1.807, 2.05) is 35.0 Å². The van der Waals surface area contributed by atoms with E-state index in [-0.39, 0.29) is 12.2 Å². The van der Waals surface area contributed by atoms with Crippen LogP contribution in [0, 0.1) is 5.82 Å². The summed E-state index contributed by atoms with van der Waals surface area (Å²) in [5, 5.41) is 4.84. The van der Waals surface area contributed by atoms with Crippen molar-refractivity contribution < 1.29 is 22.4 Å². The first-order valence-electron chi connectivity index (χ1n) is 8.26. The molecule has 2 aromatic carbocycles. The van der Waals surface area contributed by atoms with E-state index in [4.69, 9.17) is 0 Å². The Kier molecular flexibility index (Phi) is 5.62. The van der Waals surface area contributed by atoms with Gasteiger partial charge in [-0.1, -0.05) is 24.3 Å². The van der Waals surface area contributed by atoms with Crippen molar-refractivity contribution in [1.29, 1.82) is 0 Å². The van der Waals surface area contributed by atoms with Crippen LogP contribution in [-0.4, -0.2) is 15.6 Å². The van der Waals surface area contributed by atoms with E-state index >= 15 is 0 Å². The quantitative estimate of drug-likeness (QED) is 0.632. The molecule has 3 rings (SSSR count). The number of amides is 2. The van der Waals surface area contributed by atoms with Crippen LogP contribution in [0.15, 0.2) is 61.2 Å². The topological polar surface area (TPSA) is 59.0 Å². The normalized spacial score (nSPS) is 11.3. The lowest BCUT2D eigenvalue weighted by Crippen LogP contribution is -2.28. The predicted molar refractivity (Wildman–Crippen MR) is 95.0 cm³/mol. The lowest BCUT2D eigenvalue weighted by molar-refractivity contribution is -0.139. The van der Waals surface area contributed by atoms with Crippen LogP contribution >= 0.6 is 0 Å². The number of carbonyl (C=O) groups excluding carboxylic acids is 1. The van der Waals surface area contributed by atoms with Crippen molar-refractivity contribution in [2.45, 2.75) is 19.3 Å². The van der Waals surface area contributed by atoms with E-state index in [2.05, 4.69) is 15.6 Å². The molecule has 0 atom stereocenters. The summed E-state index contributed by atoms with van der Waals surface area (Å²) in [6.45, 7) is 0.798. The Morgan fingerprint density at radius 2 is 1.89 bits per heavy atom. The van der Waals surface area contributed by atoms with Gasteiger partial charge in [0.05, 0.1) is 11.9 Å². The molecular formula is C19H16F4N4O. The number of imidazole rings is 1. The molecule has 2 amide bonds. The molecule has 0 fully saturated rings. The van der Waals surface area contributed by atoms with Crippen molar-refractivity contribution >= 4 is 11.7 Å². The highest BCUT2D eigenvalue weighted by molar-refractivity contribution is 5.89. The van der Waals surface area contributed by atoms with E-state index in [1.54, 1.807) is 12.5 Å². The lowest BCUT2D eigenvalue weighted by atomic mass is 10.1. The van der Waals surface area contributed by atoms with Gasteiger partial charge < -0.3 is 15.2 Å². The van der Waals surface area contributed by atoms with Crippen molar-refractivity contribution in [3.8, 4) is 0 Å². The van der Waals surface area contributed by atoms with Gasteiger partial charge in [0, 0.05) is 31.2 Å². The van der Waals surface area contributed by atoms with Crippen molar-refractivity contribution in [2.75, 3.05) is 5.32 Å². The van der Waals surface area contributed by atoms with E-state index in [0.29, 0.717) is 18.7 Å². The number of hydrogen-bond donors (Lipinski definition) is 2. The summed E-state index contributed by atoms with van der Waals surface area (Å²) in [5.74, 6) is -1.40. The Balaban J connectivity index is 1.59. The second kappa shape index (κ2) is 8.12. The lowest BCUT2D eigenvalue weighted by Gasteiger charge is -2.12. The molecule has 5 nitrogen and oxygen atoms in total. The molecular weight excluding hydrogens is 376 g/mol. The zero-order valence-electron chi connectivity index (χ0n) is 14.5. The summed E-state index contributed by atoms with van der Waals surface area (Å²) in [6, 6.07) is 9.09. The molecule has 28 heavy (non-hydrogen) atoms. The van der Waals surface area contributed by atoms with Gasteiger partial charge in [-0.15, -0.1) is 0 Å². The maximum Gasteiger partial charge on any atom is 0.419 e. The van der Waals surface area contributed by atoms with Crippen LogP contribution in [0.5, 0.6) is 0 Å². The number of hydrogen-bond acceptors (Lipinski definition) is 2. The Labute approximate surface area is 158 Å².